The number of fused-ring (bicyclic) bond motifs is 3. The molecular weight excluding hydrogens is 508 g/mol. The Morgan fingerprint density at radius 3 is 1.64 bits per heavy atom. The number of anilines is 2. The molecule has 0 N–H and O–H groups in total. The molecule has 0 bridgehead atoms. The van der Waals surface area contributed by atoms with E-state index >= 15 is 0 Å². The minimum atomic E-state index is 1.05. The van der Waals surface area contributed by atoms with Crippen molar-refractivity contribution >= 4 is 38.8 Å². The van der Waals surface area contributed by atoms with Gasteiger partial charge in [0.25, 0.3) is 0 Å². The van der Waals surface area contributed by atoms with E-state index in [0.29, 0.717) is 0 Å². The topological polar surface area (TPSA) is 8.17 Å². The molecule has 0 saturated carbocycles. The van der Waals surface area contributed by atoms with Crippen molar-refractivity contribution in [1.82, 2.24) is 4.57 Å². The minimum Gasteiger partial charge on any atom is -0.315 e. The molecule has 6 rings (SSSR count). The fourth-order valence-electron chi connectivity index (χ4n) is 5.70. The Labute approximate surface area is 248 Å². The number of benzene rings is 5. The summed E-state index contributed by atoms with van der Waals surface area (Å²) in [6.07, 6.45) is 7.77. The van der Waals surface area contributed by atoms with Crippen LogP contribution >= 0.6 is 0 Å². The summed E-state index contributed by atoms with van der Waals surface area (Å²) in [5.41, 5.74) is 11.5. The van der Waals surface area contributed by atoms with Crippen LogP contribution in [0, 0.1) is 0 Å². The summed E-state index contributed by atoms with van der Waals surface area (Å²) in [5, 5.41) is 2.55. The number of nitrogens with zero attached hydrogens (tertiary/aromatic N) is 2. The zero-order valence-electron chi connectivity index (χ0n) is 24.2. The first-order valence-corrected chi connectivity index (χ1v) is 14.3. The predicted octanol–water partition coefficient (Wildman–Crippen LogP) is 11.3. The van der Waals surface area contributed by atoms with E-state index in [1.54, 1.807) is 6.08 Å². The van der Waals surface area contributed by atoms with Crippen LogP contribution in [0.15, 0.2) is 164 Å². The van der Waals surface area contributed by atoms with E-state index in [-0.39, 0.29) is 0 Å². The first-order chi connectivity index (χ1) is 20.6. The molecule has 0 amide bonds. The van der Waals surface area contributed by atoms with Gasteiger partial charge in [0.1, 0.15) is 0 Å². The summed E-state index contributed by atoms with van der Waals surface area (Å²) in [5.74, 6) is 0. The lowest BCUT2D eigenvalue weighted by Gasteiger charge is -2.26. The Balaban J connectivity index is 1.30. The molecule has 0 unspecified atom stereocenters. The first kappa shape index (κ1) is 26.9. The van der Waals surface area contributed by atoms with Crippen LogP contribution in [0.3, 0.4) is 0 Å². The molecule has 0 spiro atoms. The van der Waals surface area contributed by atoms with Crippen molar-refractivity contribution in [2.75, 3.05) is 4.90 Å². The molecule has 42 heavy (non-hydrogen) atoms. The molecule has 1 heterocycles. The molecule has 2 nitrogen and oxygen atoms in total. The molecule has 0 aliphatic heterocycles. The Bertz CT molecular complexity index is 1890. The Hall–Kier alpha value is -5.34. The lowest BCUT2D eigenvalue weighted by atomic mass is 10.0. The normalized spacial score (nSPS) is 12.0. The van der Waals surface area contributed by atoms with Gasteiger partial charge in [0.15, 0.2) is 0 Å². The van der Waals surface area contributed by atoms with Crippen molar-refractivity contribution in [3.8, 4) is 16.8 Å². The maximum atomic E-state index is 3.94. The first-order valence-electron chi connectivity index (χ1n) is 14.3. The summed E-state index contributed by atoms with van der Waals surface area (Å²) >= 11 is 0. The second-order valence-electron chi connectivity index (χ2n) is 10.3. The molecule has 2 heteroatoms. The smallest absolute Gasteiger partial charge is 0.0541 e. The second-order valence-corrected chi connectivity index (χ2v) is 10.3. The Morgan fingerprint density at radius 2 is 1.14 bits per heavy atom. The van der Waals surface area contributed by atoms with Gasteiger partial charge in [-0.15, -0.1) is 0 Å². The van der Waals surface area contributed by atoms with E-state index in [2.05, 4.69) is 164 Å². The van der Waals surface area contributed by atoms with Crippen molar-refractivity contribution in [2.24, 2.45) is 0 Å². The van der Waals surface area contributed by atoms with Gasteiger partial charge in [-0.25, -0.2) is 0 Å². The number of aromatic nitrogens is 1. The highest BCUT2D eigenvalue weighted by atomic mass is 15.1. The van der Waals surface area contributed by atoms with Gasteiger partial charge >= 0.3 is 0 Å². The highest BCUT2D eigenvalue weighted by molar-refractivity contribution is 6.09. The van der Waals surface area contributed by atoms with Gasteiger partial charge in [-0.3, -0.25) is 0 Å². The van der Waals surface area contributed by atoms with E-state index in [0.717, 1.165) is 33.9 Å². The standard InChI is InChI=1S/C40H34N2/c1-5-12-30(7-3)31-17-23-34(24-18-31)41(29(4)6-2)35-25-19-32(20-26-35)33-21-27-36(28-22-33)42-39-15-10-8-13-37(39)38-14-9-11-16-40(38)42/h5-28H,1,3H2,2,4H3/b29-6+,30-12+. The third-order valence-electron chi connectivity index (χ3n) is 7.91. The third-order valence-corrected chi connectivity index (χ3v) is 7.91. The van der Waals surface area contributed by atoms with Crippen LogP contribution in [0.25, 0.3) is 44.2 Å². The SMILES string of the molecule is C=C/C=C(\C=C)c1ccc(N(/C(C)=C/C)c2ccc(-c3ccc(-n4c5ccccc5c5ccccc54)cc3)cc2)cc1. The fourth-order valence-corrected chi connectivity index (χ4v) is 5.70. The van der Waals surface area contributed by atoms with Crippen LogP contribution in [0.4, 0.5) is 11.4 Å². The summed E-state index contributed by atoms with van der Waals surface area (Å²) < 4.78 is 2.35. The van der Waals surface area contributed by atoms with Crippen molar-refractivity contribution in [3.05, 3.63) is 170 Å². The largest absolute Gasteiger partial charge is 0.315 e. The molecule has 0 aliphatic carbocycles. The summed E-state index contributed by atoms with van der Waals surface area (Å²) in [4.78, 5) is 2.28. The van der Waals surface area contributed by atoms with E-state index in [1.165, 1.54) is 32.9 Å². The van der Waals surface area contributed by atoms with Crippen LogP contribution < -0.4 is 4.90 Å². The van der Waals surface area contributed by atoms with Crippen LogP contribution in [-0.4, -0.2) is 4.57 Å². The number of rotatable bonds is 8. The van der Waals surface area contributed by atoms with Crippen LogP contribution in [0.2, 0.25) is 0 Å². The average molecular weight is 543 g/mol. The lowest BCUT2D eigenvalue weighted by molar-refractivity contribution is 1.15. The fraction of sp³-hybridized carbons (Fsp3) is 0.0500. The van der Waals surface area contributed by atoms with Crippen molar-refractivity contribution in [2.45, 2.75) is 13.8 Å². The van der Waals surface area contributed by atoms with E-state index in [1.807, 2.05) is 12.2 Å². The van der Waals surface area contributed by atoms with Gasteiger partial charge in [0.2, 0.25) is 0 Å². The second kappa shape index (κ2) is 11.6. The van der Waals surface area contributed by atoms with E-state index < -0.39 is 0 Å². The van der Waals surface area contributed by atoms with Gasteiger partial charge in [-0.2, -0.15) is 0 Å². The molecule has 204 valence electrons. The van der Waals surface area contributed by atoms with Crippen molar-refractivity contribution in [3.63, 3.8) is 0 Å². The number of allylic oxidation sites excluding steroid dienone is 6. The monoisotopic (exact) mass is 542 g/mol. The molecule has 6 aromatic rings. The van der Waals surface area contributed by atoms with Crippen LogP contribution in [-0.2, 0) is 0 Å². The van der Waals surface area contributed by atoms with Crippen molar-refractivity contribution in [1.29, 1.82) is 0 Å². The molecule has 1 aromatic heterocycles. The zero-order valence-corrected chi connectivity index (χ0v) is 24.2. The van der Waals surface area contributed by atoms with Gasteiger partial charge in [-0.1, -0.05) is 110 Å². The van der Waals surface area contributed by atoms with E-state index in [4.69, 9.17) is 0 Å². The summed E-state index contributed by atoms with van der Waals surface area (Å²) in [7, 11) is 0. The molecular formula is C40H34N2. The molecule has 0 saturated heterocycles. The van der Waals surface area contributed by atoms with Gasteiger partial charge < -0.3 is 9.47 Å². The predicted molar refractivity (Wildman–Crippen MR) is 183 cm³/mol. The third kappa shape index (κ3) is 4.88. The van der Waals surface area contributed by atoms with Crippen LogP contribution in [0.5, 0.6) is 0 Å². The quantitative estimate of drug-likeness (QED) is 0.174. The lowest BCUT2D eigenvalue weighted by Crippen LogP contribution is -2.14. The minimum absolute atomic E-state index is 1.05. The van der Waals surface area contributed by atoms with Crippen molar-refractivity contribution < 1.29 is 0 Å². The highest BCUT2D eigenvalue weighted by Crippen LogP contribution is 2.35. The molecule has 0 radical (unpaired) electrons. The number of hydrogen-bond donors (Lipinski definition) is 0. The number of hydrogen-bond acceptors (Lipinski definition) is 1. The van der Waals surface area contributed by atoms with Gasteiger partial charge in [0.05, 0.1) is 11.0 Å². The summed E-state index contributed by atoms with van der Waals surface area (Å²) in [6, 6.07) is 43.5. The molecule has 0 atom stereocenters. The summed E-state index contributed by atoms with van der Waals surface area (Å²) in [6.45, 7) is 12.0. The average Bonchev–Trinajstić information content (AvgIpc) is 3.39. The van der Waals surface area contributed by atoms with Gasteiger partial charge in [-0.05, 0) is 84.6 Å². The highest BCUT2D eigenvalue weighted by Gasteiger charge is 2.13. The Morgan fingerprint density at radius 1 is 0.643 bits per heavy atom. The van der Waals surface area contributed by atoms with E-state index in [9.17, 15) is 0 Å². The molecule has 0 fully saturated rings. The molecule has 5 aromatic carbocycles. The number of para-hydroxylation sites is 2. The Kier molecular flexibility index (Phi) is 7.45. The molecule has 0 aliphatic rings. The maximum Gasteiger partial charge on any atom is 0.0541 e. The zero-order chi connectivity index (χ0) is 29.1. The van der Waals surface area contributed by atoms with Gasteiger partial charge in [0, 0.05) is 33.5 Å². The maximum absolute atomic E-state index is 3.94. The van der Waals surface area contributed by atoms with Crippen LogP contribution in [0.1, 0.15) is 19.4 Å².